The van der Waals surface area contributed by atoms with Crippen LogP contribution in [-0.4, -0.2) is 39.1 Å². The van der Waals surface area contributed by atoms with Gasteiger partial charge in [-0.15, -0.1) is 5.06 Å². The minimum atomic E-state index is -0.344. The number of hydrogen-bond donors (Lipinski definition) is 0. The molecule has 1 saturated heterocycles. The summed E-state index contributed by atoms with van der Waals surface area (Å²) in [5, 5.41) is 3.11. The van der Waals surface area contributed by atoms with E-state index in [0.29, 0.717) is 29.3 Å². The van der Waals surface area contributed by atoms with Gasteiger partial charge in [0.2, 0.25) is 5.28 Å². The first-order valence-corrected chi connectivity index (χ1v) is 9.37. The van der Waals surface area contributed by atoms with Crippen LogP contribution in [0.15, 0.2) is 42.6 Å². The zero-order chi connectivity index (χ0) is 18.8. The summed E-state index contributed by atoms with van der Waals surface area (Å²) in [6, 6.07) is 10.6. The van der Waals surface area contributed by atoms with Crippen LogP contribution in [0.25, 0.3) is 10.9 Å². The van der Waals surface area contributed by atoms with Crippen molar-refractivity contribution in [3.05, 3.63) is 64.3 Å². The Morgan fingerprint density at radius 3 is 2.59 bits per heavy atom. The number of hydroxylamine groups is 2. The molecule has 0 aliphatic carbocycles. The molecule has 8 heteroatoms. The number of piperidine rings is 1. The number of benzene rings is 1. The van der Waals surface area contributed by atoms with Crippen LogP contribution < -0.4 is 0 Å². The Hall–Kier alpha value is -2.28. The molecule has 3 heterocycles. The van der Waals surface area contributed by atoms with Crippen molar-refractivity contribution >= 4 is 40.1 Å². The van der Waals surface area contributed by atoms with E-state index in [-0.39, 0.29) is 17.2 Å². The SMILES string of the molecule is O=C(ON1CCC(c2nc(Cl)nc3cc(Cl)ncc23)CC1)c1ccccc1. The number of aromatic nitrogens is 3. The minimum Gasteiger partial charge on any atom is -0.364 e. The molecule has 1 aliphatic rings. The summed E-state index contributed by atoms with van der Waals surface area (Å²) in [5.41, 5.74) is 2.09. The van der Waals surface area contributed by atoms with Gasteiger partial charge in [-0.1, -0.05) is 29.8 Å². The van der Waals surface area contributed by atoms with Crippen molar-refractivity contribution in [1.82, 2.24) is 20.0 Å². The molecule has 0 atom stereocenters. The normalized spacial score (nSPS) is 15.8. The van der Waals surface area contributed by atoms with E-state index in [0.717, 1.165) is 23.9 Å². The number of nitrogens with zero attached hydrogens (tertiary/aromatic N) is 4. The third-order valence-corrected chi connectivity index (χ3v) is 4.99. The summed E-state index contributed by atoms with van der Waals surface area (Å²) >= 11 is 12.1. The van der Waals surface area contributed by atoms with E-state index in [1.165, 1.54) is 0 Å². The highest BCUT2D eigenvalue weighted by Crippen LogP contribution is 2.32. The lowest BCUT2D eigenvalue weighted by Gasteiger charge is -2.30. The molecule has 1 fully saturated rings. The van der Waals surface area contributed by atoms with Gasteiger partial charge in [-0.05, 0) is 36.6 Å². The van der Waals surface area contributed by atoms with E-state index in [2.05, 4.69) is 15.0 Å². The van der Waals surface area contributed by atoms with Crippen molar-refractivity contribution in [2.75, 3.05) is 13.1 Å². The number of pyridine rings is 1. The third kappa shape index (κ3) is 4.03. The average molecular weight is 403 g/mol. The molecule has 0 radical (unpaired) electrons. The fourth-order valence-corrected chi connectivity index (χ4v) is 3.60. The standard InChI is InChI=1S/C19H16Cl2N4O2/c20-16-10-15-14(11-22-16)17(24-19(21)23-15)12-6-8-25(9-7-12)27-18(26)13-4-2-1-3-5-13/h1-5,10-12H,6-9H2. The molecule has 1 aliphatic heterocycles. The van der Waals surface area contributed by atoms with Crippen LogP contribution in [0.2, 0.25) is 10.4 Å². The molecule has 1 aromatic carbocycles. The highest BCUT2D eigenvalue weighted by atomic mass is 35.5. The third-order valence-electron chi connectivity index (χ3n) is 4.61. The quantitative estimate of drug-likeness (QED) is 0.480. The van der Waals surface area contributed by atoms with Gasteiger partial charge in [-0.3, -0.25) is 0 Å². The molecule has 3 aromatic rings. The maximum absolute atomic E-state index is 12.2. The molecule has 27 heavy (non-hydrogen) atoms. The predicted octanol–water partition coefficient (Wildman–Crippen LogP) is 4.28. The summed E-state index contributed by atoms with van der Waals surface area (Å²) in [4.78, 5) is 30.5. The highest BCUT2D eigenvalue weighted by molar-refractivity contribution is 6.30. The van der Waals surface area contributed by atoms with Gasteiger partial charge in [0, 0.05) is 36.7 Å². The number of hydrogen-bond acceptors (Lipinski definition) is 6. The Bertz CT molecular complexity index is 971. The molecule has 0 unspecified atom stereocenters. The number of fused-ring (bicyclic) bond motifs is 1. The van der Waals surface area contributed by atoms with Gasteiger partial charge in [-0.2, -0.15) is 0 Å². The largest absolute Gasteiger partial charge is 0.364 e. The van der Waals surface area contributed by atoms with Gasteiger partial charge >= 0.3 is 5.97 Å². The number of halogens is 2. The molecule has 0 bridgehead atoms. The first-order valence-electron chi connectivity index (χ1n) is 8.61. The van der Waals surface area contributed by atoms with Crippen molar-refractivity contribution in [2.45, 2.75) is 18.8 Å². The van der Waals surface area contributed by atoms with Crippen LogP contribution in [0.3, 0.4) is 0 Å². The van der Waals surface area contributed by atoms with Gasteiger partial charge in [-0.25, -0.2) is 19.7 Å². The highest BCUT2D eigenvalue weighted by Gasteiger charge is 2.26. The predicted molar refractivity (Wildman–Crippen MR) is 103 cm³/mol. The van der Waals surface area contributed by atoms with Crippen LogP contribution >= 0.6 is 23.2 Å². The minimum absolute atomic E-state index is 0.183. The van der Waals surface area contributed by atoms with E-state index >= 15 is 0 Å². The molecule has 0 spiro atoms. The van der Waals surface area contributed by atoms with Crippen LogP contribution in [0.5, 0.6) is 0 Å². The molecule has 0 amide bonds. The summed E-state index contributed by atoms with van der Waals surface area (Å²) in [6.45, 7) is 1.24. The molecule has 6 nitrogen and oxygen atoms in total. The summed E-state index contributed by atoms with van der Waals surface area (Å²) in [7, 11) is 0. The number of carbonyl (C=O) groups is 1. The summed E-state index contributed by atoms with van der Waals surface area (Å²) in [6.07, 6.45) is 3.26. The lowest BCUT2D eigenvalue weighted by atomic mass is 9.92. The van der Waals surface area contributed by atoms with Crippen LogP contribution in [0.1, 0.15) is 34.8 Å². The van der Waals surface area contributed by atoms with Gasteiger partial charge in [0.15, 0.2) is 0 Å². The Labute approximate surface area is 166 Å². The summed E-state index contributed by atoms with van der Waals surface area (Å²) < 4.78 is 0. The zero-order valence-corrected chi connectivity index (χ0v) is 15.8. The van der Waals surface area contributed by atoms with Crippen molar-refractivity contribution in [3.63, 3.8) is 0 Å². The summed E-state index contributed by atoms with van der Waals surface area (Å²) in [5.74, 6) is -0.161. The second-order valence-corrected chi connectivity index (χ2v) is 7.08. The Kier molecular flexibility index (Phi) is 5.20. The van der Waals surface area contributed by atoms with E-state index in [1.54, 1.807) is 29.5 Å². The first kappa shape index (κ1) is 18.1. The number of rotatable bonds is 3. The fourth-order valence-electron chi connectivity index (χ4n) is 3.27. The Balaban J connectivity index is 1.47. The van der Waals surface area contributed by atoms with Crippen LogP contribution in [-0.2, 0) is 4.84 Å². The van der Waals surface area contributed by atoms with E-state index in [9.17, 15) is 4.79 Å². The maximum atomic E-state index is 12.2. The van der Waals surface area contributed by atoms with Gasteiger partial charge < -0.3 is 4.84 Å². The lowest BCUT2D eigenvalue weighted by molar-refractivity contribution is -0.122. The van der Waals surface area contributed by atoms with Crippen molar-refractivity contribution in [2.24, 2.45) is 0 Å². The Morgan fingerprint density at radius 2 is 1.85 bits per heavy atom. The molecular formula is C19H16Cl2N4O2. The topological polar surface area (TPSA) is 68.2 Å². The second-order valence-electron chi connectivity index (χ2n) is 6.35. The van der Waals surface area contributed by atoms with E-state index in [4.69, 9.17) is 28.0 Å². The van der Waals surface area contributed by atoms with E-state index < -0.39 is 0 Å². The molecule has 2 aromatic heterocycles. The monoisotopic (exact) mass is 402 g/mol. The second kappa shape index (κ2) is 7.76. The molecule has 138 valence electrons. The lowest BCUT2D eigenvalue weighted by Crippen LogP contribution is -2.35. The smallest absolute Gasteiger partial charge is 0.357 e. The van der Waals surface area contributed by atoms with Gasteiger partial charge in [0.25, 0.3) is 0 Å². The zero-order valence-electron chi connectivity index (χ0n) is 14.3. The van der Waals surface area contributed by atoms with E-state index in [1.807, 2.05) is 18.2 Å². The van der Waals surface area contributed by atoms with Crippen molar-refractivity contribution in [1.29, 1.82) is 0 Å². The van der Waals surface area contributed by atoms with Gasteiger partial charge in [0.05, 0.1) is 16.8 Å². The van der Waals surface area contributed by atoms with Crippen LogP contribution in [0.4, 0.5) is 0 Å². The van der Waals surface area contributed by atoms with Crippen LogP contribution in [0, 0.1) is 0 Å². The van der Waals surface area contributed by atoms with Crippen molar-refractivity contribution < 1.29 is 9.63 Å². The Morgan fingerprint density at radius 1 is 1.11 bits per heavy atom. The average Bonchev–Trinajstić information content (AvgIpc) is 2.68. The first-order chi connectivity index (χ1) is 13.1. The molecule has 0 N–H and O–H groups in total. The van der Waals surface area contributed by atoms with Gasteiger partial charge in [0.1, 0.15) is 5.15 Å². The fraction of sp³-hybridized carbons (Fsp3) is 0.263. The maximum Gasteiger partial charge on any atom is 0.357 e. The number of carbonyl (C=O) groups excluding carboxylic acids is 1. The van der Waals surface area contributed by atoms with Crippen molar-refractivity contribution in [3.8, 4) is 0 Å². The molecule has 4 rings (SSSR count). The molecule has 0 saturated carbocycles. The molecular weight excluding hydrogens is 387 g/mol.